The second-order valence-corrected chi connectivity index (χ2v) is 21.2. The number of aryl methyl sites for hydroxylation is 1. The van der Waals surface area contributed by atoms with Crippen LogP contribution < -0.4 is 9.30 Å². The first-order valence-electron chi connectivity index (χ1n) is 30.5. The van der Waals surface area contributed by atoms with Gasteiger partial charge in [0.15, 0.2) is 0 Å². The van der Waals surface area contributed by atoms with Gasteiger partial charge in [-0.15, -0.1) is 29.7 Å². The number of pyridine rings is 1. The molecule has 0 aliphatic heterocycles. The van der Waals surface area contributed by atoms with Crippen LogP contribution in [0.5, 0.6) is 11.5 Å². The molecular weight excluding hydrogens is 1070 g/mol. The first-order valence-corrected chi connectivity index (χ1v) is 24.0. The van der Waals surface area contributed by atoms with E-state index in [-0.39, 0.29) is 72.4 Å². The van der Waals surface area contributed by atoms with Gasteiger partial charge in [0.25, 0.3) is 6.33 Å². The summed E-state index contributed by atoms with van der Waals surface area (Å²) in [6, 6.07) is 38.8. The molecule has 3 aromatic heterocycles. The van der Waals surface area contributed by atoms with Crippen molar-refractivity contribution < 1.29 is 48.2 Å². The Morgan fingerprint density at radius 3 is 1.93 bits per heavy atom. The molecular formula is C67H60N4OPt-2. The summed E-state index contributed by atoms with van der Waals surface area (Å²) in [5.41, 5.74) is 7.47. The van der Waals surface area contributed by atoms with Crippen LogP contribution in [-0.4, -0.2) is 14.1 Å². The van der Waals surface area contributed by atoms with Crippen molar-refractivity contribution in [3.8, 4) is 62.1 Å². The molecule has 0 amide bonds. The smallest absolute Gasteiger partial charge is 0.268 e. The zero-order valence-corrected chi connectivity index (χ0v) is 44.3. The summed E-state index contributed by atoms with van der Waals surface area (Å²) in [5, 5.41) is 1.56. The van der Waals surface area contributed by atoms with Gasteiger partial charge in [-0.05, 0) is 102 Å². The van der Waals surface area contributed by atoms with Crippen LogP contribution in [-0.2, 0) is 37.3 Å². The van der Waals surface area contributed by atoms with Gasteiger partial charge in [0.05, 0.1) is 30.4 Å². The van der Waals surface area contributed by atoms with E-state index in [4.69, 9.17) is 24.8 Å². The average molecular weight is 1150 g/mol. The van der Waals surface area contributed by atoms with Crippen molar-refractivity contribution in [3.05, 3.63) is 223 Å². The quantitative estimate of drug-likeness (QED) is 0.112. The maximum absolute atomic E-state index is 9.34. The van der Waals surface area contributed by atoms with Gasteiger partial charge in [0.1, 0.15) is 5.82 Å². The number of imidazole rings is 1. The average Bonchev–Trinajstić information content (AvgIpc) is 1.47. The molecule has 0 N–H and O–H groups in total. The summed E-state index contributed by atoms with van der Waals surface area (Å²) in [6.07, 6.45) is 4.92. The van der Waals surface area contributed by atoms with E-state index in [2.05, 4.69) is 123 Å². The van der Waals surface area contributed by atoms with Crippen LogP contribution in [0.1, 0.15) is 102 Å². The molecule has 0 bridgehead atoms. The van der Waals surface area contributed by atoms with Crippen molar-refractivity contribution in [1.82, 2.24) is 14.1 Å². The predicted octanol–water partition coefficient (Wildman–Crippen LogP) is 16.8. The Morgan fingerprint density at radius 2 is 1.25 bits per heavy atom. The zero-order chi connectivity index (χ0) is 61.3. The maximum Gasteiger partial charge on any atom is 0.268 e. The first-order chi connectivity index (χ1) is 39.8. The Kier molecular flexibility index (Phi) is 9.27. The van der Waals surface area contributed by atoms with E-state index in [1.54, 1.807) is 16.7 Å². The van der Waals surface area contributed by atoms with Gasteiger partial charge in [-0.1, -0.05) is 195 Å². The van der Waals surface area contributed by atoms with Gasteiger partial charge in [-0.2, -0.15) is 18.2 Å². The standard InChI is InChI=1S/C67H60N4O.Pt/c1-44-36-63(68-42-57(44)47-22-15-12-16-23-47)71-59-27-18-17-26-54(59)55-34-33-53(41-61(55)71)72-52-25-19-24-51(40-52)69-43-70(60-35-30-48(37-62(60)69)45-28-31-49(32-29-45)65(2,3)4)64-56(46-20-13-11-14-21-46)38-50(66(5,6)7)39-58(64)67(8,9)10;/h11-39,42H,1-10H3;/q-2;/i1D3,11D,12D,13D,14D,15D,16D,20D,21D,22D,23D;. The van der Waals surface area contributed by atoms with Crippen molar-refractivity contribution in [2.24, 2.45) is 0 Å². The molecule has 0 radical (unpaired) electrons. The summed E-state index contributed by atoms with van der Waals surface area (Å²) < 4.78 is 125. The van der Waals surface area contributed by atoms with Crippen molar-refractivity contribution >= 4 is 32.8 Å². The molecule has 0 unspecified atom stereocenters. The molecule has 5 nitrogen and oxygen atoms in total. The molecule has 8 aromatic carbocycles. The summed E-state index contributed by atoms with van der Waals surface area (Å²) in [4.78, 5) is 4.72. The van der Waals surface area contributed by atoms with Crippen molar-refractivity contribution in [2.45, 2.75) is 85.4 Å². The first kappa shape index (κ1) is 35.7. The number of para-hydroxylation sites is 1. The topological polar surface area (TPSA) is 35.9 Å². The molecule has 3 heterocycles. The predicted molar refractivity (Wildman–Crippen MR) is 297 cm³/mol. The van der Waals surface area contributed by atoms with Crippen molar-refractivity contribution in [1.29, 1.82) is 0 Å². The fraction of sp³-hybridized carbons (Fsp3) is 0.194. The number of hydrogen-bond acceptors (Lipinski definition) is 2. The van der Waals surface area contributed by atoms with Gasteiger partial charge in [-0.25, -0.2) is 4.98 Å². The van der Waals surface area contributed by atoms with Crippen LogP contribution in [0, 0.1) is 25.3 Å². The molecule has 0 fully saturated rings. The van der Waals surface area contributed by atoms with E-state index in [1.165, 1.54) is 17.8 Å². The summed E-state index contributed by atoms with van der Waals surface area (Å²) in [6.45, 7) is 16.3. The van der Waals surface area contributed by atoms with Crippen molar-refractivity contribution in [2.75, 3.05) is 0 Å². The minimum atomic E-state index is -2.80. The number of hydrogen-bond donors (Lipinski definition) is 0. The van der Waals surface area contributed by atoms with E-state index in [0.29, 0.717) is 39.2 Å². The van der Waals surface area contributed by atoms with Crippen LogP contribution in [0.15, 0.2) is 182 Å². The van der Waals surface area contributed by atoms with Gasteiger partial charge in [0, 0.05) is 54.0 Å². The van der Waals surface area contributed by atoms with Gasteiger partial charge in [-0.3, -0.25) is 4.57 Å². The SMILES string of the molecule is [2H]c1c([2H])c([2H])c(-c2cnc(-n3c4[c-]c(Oc5[c-]c(-n6[c-][n+](-c7c(-c8c([2H])c([2H])c([2H])c([2H])c8[2H])cc(C(C)(C)C)cc7C(C)(C)C)c7ccc(-c8ccc(C(C)(C)C)cc8)cc76)ccc5)ccc4c4ccccc43)cc2C([2H])([2H])[2H])c([2H])c1[2H].[Pt]. The maximum atomic E-state index is 9.34. The molecule has 0 aliphatic carbocycles. The van der Waals surface area contributed by atoms with Crippen LogP contribution >= 0.6 is 0 Å². The molecule has 0 atom stereocenters. The number of nitrogens with zero attached hydrogens (tertiary/aromatic N) is 4. The van der Waals surface area contributed by atoms with E-state index >= 15 is 0 Å². The molecule has 0 aliphatic rings. The number of rotatable bonds is 8. The molecule has 11 aromatic rings. The number of aromatic nitrogens is 4. The summed E-state index contributed by atoms with van der Waals surface area (Å²) in [5.74, 6) is 0.772. The number of benzene rings is 8. The molecule has 0 spiro atoms. The fourth-order valence-electron chi connectivity index (χ4n) is 9.32. The Balaban J connectivity index is 0.00000820. The minimum Gasteiger partial charge on any atom is -0.510 e. The summed E-state index contributed by atoms with van der Waals surface area (Å²) in [7, 11) is 0. The minimum absolute atomic E-state index is 0. The van der Waals surface area contributed by atoms with Crippen LogP contribution in [0.2, 0.25) is 0 Å². The van der Waals surface area contributed by atoms with Gasteiger partial charge in [0.2, 0.25) is 0 Å². The largest absolute Gasteiger partial charge is 0.510 e. The molecule has 0 saturated heterocycles. The third-order valence-corrected chi connectivity index (χ3v) is 13.2. The molecule has 73 heavy (non-hydrogen) atoms. The Labute approximate surface area is 463 Å². The van der Waals surface area contributed by atoms with Crippen LogP contribution in [0.25, 0.3) is 83.4 Å². The normalized spacial score (nSPS) is 14.8. The second-order valence-electron chi connectivity index (χ2n) is 21.2. The fourth-order valence-corrected chi connectivity index (χ4v) is 9.32. The molecule has 366 valence electrons. The van der Waals surface area contributed by atoms with E-state index < -0.39 is 66.0 Å². The third kappa shape index (κ3) is 9.37. The zero-order valence-electron chi connectivity index (χ0n) is 55.1. The monoisotopic (exact) mass is 1140 g/mol. The van der Waals surface area contributed by atoms with Gasteiger partial charge < -0.3 is 13.9 Å². The van der Waals surface area contributed by atoms with E-state index in [9.17, 15) is 2.74 Å². The molecule has 0 saturated carbocycles. The van der Waals surface area contributed by atoms with E-state index in [1.807, 2.05) is 63.7 Å². The number of fused-ring (bicyclic) bond motifs is 4. The second kappa shape index (κ2) is 18.9. The summed E-state index contributed by atoms with van der Waals surface area (Å²) >= 11 is 0. The molecule has 6 heteroatoms. The Bertz CT molecular complexity index is 4510. The van der Waals surface area contributed by atoms with E-state index in [0.717, 1.165) is 38.5 Å². The molecule has 11 rings (SSSR count). The number of ether oxygens (including phenoxy) is 1. The van der Waals surface area contributed by atoms with Crippen LogP contribution in [0.4, 0.5) is 0 Å². The Morgan fingerprint density at radius 1 is 0.575 bits per heavy atom. The Hall–Kier alpha value is -7.33. The van der Waals surface area contributed by atoms with Crippen molar-refractivity contribution in [3.63, 3.8) is 0 Å². The van der Waals surface area contributed by atoms with Gasteiger partial charge >= 0.3 is 0 Å². The van der Waals surface area contributed by atoms with Crippen LogP contribution in [0.3, 0.4) is 0 Å². The third-order valence-electron chi connectivity index (χ3n) is 13.2.